The van der Waals surface area contributed by atoms with Crippen LogP contribution in [0.25, 0.3) is 0 Å². The Morgan fingerprint density at radius 3 is 2.21 bits per heavy atom. The zero-order valence-electron chi connectivity index (χ0n) is 12.6. The van der Waals surface area contributed by atoms with E-state index < -0.39 is 17.9 Å². The van der Waals surface area contributed by atoms with Gasteiger partial charge in [0.05, 0.1) is 0 Å². The molecule has 1 aromatic rings. The highest BCUT2D eigenvalue weighted by Gasteiger charge is 2.20. The molecular weight excluding hydrogens is 308 g/mol. The van der Waals surface area contributed by atoms with Crippen LogP contribution >= 0.6 is 0 Å². The molecule has 0 aliphatic carbocycles. The first-order valence-electron chi connectivity index (χ1n) is 6.87. The number of aliphatic carboxylic acids is 1. The number of hydrogen-bond donors (Lipinski definition) is 3. The van der Waals surface area contributed by atoms with E-state index in [1.165, 1.54) is 6.92 Å². The molecule has 6 heteroatoms. The van der Waals surface area contributed by atoms with Crippen molar-refractivity contribution in [1.82, 2.24) is 10.6 Å². The van der Waals surface area contributed by atoms with Gasteiger partial charge < -0.3 is 15.7 Å². The van der Waals surface area contributed by atoms with Crippen LogP contribution in [0.4, 0.5) is 0 Å². The smallest absolute Gasteiger partial charge is 0.326 e. The van der Waals surface area contributed by atoms with Gasteiger partial charge in [0.1, 0.15) is 6.04 Å². The highest BCUT2D eigenvalue weighted by atomic mass is 16.4. The molecule has 3 N–H and O–H groups in total. The lowest BCUT2D eigenvalue weighted by atomic mass is 10.00. The first-order valence-corrected chi connectivity index (χ1v) is 6.87. The fourth-order valence-corrected chi connectivity index (χ4v) is 1.95. The second-order valence-corrected chi connectivity index (χ2v) is 4.85. The van der Waals surface area contributed by atoms with E-state index >= 15 is 0 Å². The predicted molar refractivity (Wildman–Crippen MR) is 95.8 cm³/mol. The number of carboxylic acids is 1. The number of carboxylic acid groups (broad SMARTS) is 1. The molecule has 1 aromatic carbocycles. The van der Waals surface area contributed by atoms with Crippen molar-refractivity contribution in [3.63, 3.8) is 0 Å². The van der Waals surface area contributed by atoms with E-state index in [2.05, 4.69) is 10.6 Å². The molecule has 1 atom stereocenters. The van der Waals surface area contributed by atoms with Crippen LogP contribution in [0, 0.1) is 0 Å². The quantitative estimate of drug-likeness (QED) is 0.631. The van der Waals surface area contributed by atoms with E-state index in [0.717, 1.165) is 23.3 Å². The Morgan fingerprint density at radius 1 is 1.12 bits per heavy atom. The van der Waals surface area contributed by atoms with Gasteiger partial charge in [-0.1, -0.05) is 39.1 Å². The van der Waals surface area contributed by atoms with Crippen molar-refractivity contribution in [1.29, 1.82) is 0 Å². The molecule has 0 aliphatic heterocycles. The third-order valence-corrected chi connectivity index (χ3v) is 2.99. The van der Waals surface area contributed by atoms with E-state index in [1.54, 1.807) is 7.05 Å². The van der Waals surface area contributed by atoms with Crippen molar-refractivity contribution < 1.29 is 19.5 Å². The molecule has 0 heterocycles. The van der Waals surface area contributed by atoms with Crippen molar-refractivity contribution in [2.45, 2.75) is 40.8 Å². The Bertz CT molecular complexity index is 582. The van der Waals surface area contributed by atoms with Gasteiger partial charge in [-0.05, 0) is 31.2 Å². The fraction of sp³-hybridized carbons (Fsp3) is 0.389. The third-order valence-electron chi connectivity index (χ3n) is 2.99. The Kier molecular flexibility index (Phi) is 11.9. The third kappa shape index (κ3) is 8.24. The number of allylic oxidation sites excluding steroid dienone is 1. The molecule has 0 spiro atoms. The Balaban J connectivity index is 0. The van der Waals surface area contributed by atoms with Gasteiger partial charge in [-0.3, -0.25) is 9.59 Å². The summed E-state index contributed by atoms with van der Waals surface area (Å²) in [5.74, 6) is -2.00. The maximum Gasteiger partial charge on any atom is 0.326 e. The highest BCUT2D eigenvalue weighted by molar-refractivity contribution is 5.97. The van der Waals surface area contributed by atoms with Crippen LogP contribution in [0.3, 0.4) is 0 Å². The molecule has 0 aliphatic rings. The summed E-state index contributed by atoms with van der Waals surface area (Å²) in [5, 5.41) is 14.7. The fourth-order valence-electron chi connectivity index (χ4n) is 1.95. The lowest BCUT2D eigenvalue weighted by Crippen LogP contribution is -2.41. The number of hydrogen-bond acceptors (Lipinski definition) is 4. The molecule has 1 rings (SSSR count). The highest BCUT2D eigenvalue weighted by Crippen LogP contribution is 2.11. The van der Waals surface area contributed by atoms with Crippen molar-refractivity contribution in [3.05, 3.63) is 47.5 Å². The number of ketones is 1. The first kappa shape index (κ1) is 23.8. The molecule has 24 heavy (non-hydrogen) atoms. The average molecular weight is 336 g/mol. The van der Waals surface area contributed by atoms with E-state index in [4.69, 9.17) is 0 Å². The minimum absolute atomic E-state index is 0. The molecule has 0 unspecified atom stereocenters. The number of carbonyl (C=O) groups excluding carboxylic acids is 2. The summed E-state index contributed by atoms with van der Waals surface area (Å²) < 4.78 is 0. The summed E-state index contributed by atoms with van der Waals surface area (Å²) in [5.41, 5.74) is 1.82. The zero-order valence-corrected chi connectivity index (χ0v) is 12.6. The second-order valence-electron chi connectivity index (χ2n) is 4.85. The molecule has 0 aromatic heterocycles. The molecular formula is C18H28N2O4. The van der Waals surface area contributed by atoms with E-state index in [-0.39, 0.29) is 27.1 Å². The number of amides is 1. The van der Waals surface area contributed by atoms with Crippen LogP contribution < -0.4 is 10.6 Å². The number of benzene rings is 1. The molecule has 1 amide bonds. The van der Waals surface area contributed by atoms with E-state index in [0.29, 0.717) is 6.54 Å². The minimum Gasteiger partial charge on any atom is -0.480 e. The van der Waals surface area contributed by atoms with E-state index in [9.17, 15) is 19.5 Å². The second kappa shape index (κ2) is 12.0. The van der Waals surface area contributed by atoms with Gasteiger partial charge in [0.15, 0.2) is 5.78 Å². The topological polar surface area (TPSA) is 95.5 Å². The number of carbonyl (C=O) groups is 3. The van der Waals surface area contributed by atoms with Crippen LogP contribution in [-0.2, 0) is 27.3 Å². The number of rotatable bonds is 8. The predicted octanol–water partition coefficient (Wildman–Crippen LogP) is 1.94. The minimum atomic E-state index is -1.12. The molecule has 0 saturated carbocycles. The monoisotopic (exact) mass is 336 g/mol. The summed E-state index contributed by atoms with van der Waals surface area (Å²) in [7, 11) is 1.81. The van der Waals surface area contributed by atoms with Crippen LogP contribution in [0.15, 0.2) is 36.4 Å². The van der Waals surface area contributed by atoms with E-state index in [1.807, 2.05) is 24.3 Å². The normalized spacial score (nSPS) is 11.1. The van der Waals surface area contributed by atoms with Crippen LogP contribution in [0.1, 0.15) is 32.9 Å². The lowest BCUT2D eigenvalue weighted by molar-refractivity contribution is -0.141. The first-order chi connectivity index (χ1) is 10.4. The van der Waals surface area contributed by atoms with Crippen LogP contribution in [0.2, 0.25) is 0 Å². The van der Waals surface area contributed by atoms with Gasteiger partial charge in [0.2, 0.25) is 5.91 Å². The SMILES string of the molecule is C.C.CNCc1ccccc1C[C@H](NC(=O)/C=C/C(C)=O)C(=O)O. The molecule has 0 fully saturated rings. The summed E-state index contributed by atoms with van der Waals surface area (Å²) in [4.78, 5) is 33.7. The molecule has 6 nitrogen and oxygen atoms in total. The zero-order chi connectivity index (χ0) is 16.5. The molecule has 0 bridgehead atoms. The number of nitrogens with one attached hydrogen (secondary N) is 2. The van der Waals surface area contributed by atoms with Crippen molar-refractivity contribution in [3.8, 4) is 0 Å². The standard InChI is InChI=1S/C16H20N2O4.2CH4/c1-11(19)7-8-15(20)18-14(16(21)22)9-12-5-3-4-6-13(12)10-17-2;;/h3-8,14,17H,9-10H2,1-2H3,(H,18,20)(H,21,22);2*1H4/b8-7+;;/t14-;;/m0../s1. The molecule has 0 radical (unpaired) electrons. The molecule has 0 saturated heterocycles. The van der Waals surface area contributed by atoms with Crippen LogP contribution in [0.5, 0.6) is 0 Å². The van der Waals surface area contributed by atoms with Gasteiger partial charge in [-0.2, -0.15) is 0 Å². The summed E-state index contributed by atoms with van der Waals surface area (Å²) in [6, 6.07) is 6.38. The Hall–Kier alpha value is -2.47. The van der Waals surface area contributed by atoms with Crippen LogP contribution in [-0.4, -0.2) is 35.9 Å². The summed E-state index contributed by atoms with van der Waals surface area (Å²) in [6.45, 7) is 1.92. The van der Waals surface area contributed by atoms with Gasteiger partial charge >= 0.3 is 5.97 Å². The van der Waals surface area contributed by atoms with Crippen molar-refractivity contribution >= 4 is 17.7 Å². The van der Waals surface area contributed by atoms with Crippen molar-refractivity contribution in [2.24, 2.45) is 0 Å². The summed E-state index contributed by atoms with van der Waals surface area (Å²) >= 11 is 0. The van der Waals surface area contributed by atoms with Gasteiger partial charge in [-0.25, -0.2) is 4.79 Å². The largest absolute Gasteiger partial charge is 0.480 e. The Labute approximate surface area is 144 Å². The Morgan fingerprint density at radius 2 is 1.71 bits per heavy atom. The summed E-state index contributed by atoms with van der Waals surface area (Å²) in [6.07, 6.45) is 2.31. The maximum absolute atomic E-state index is 11.6. The van der Waals surface area contributed by atoms with Gasteiger partial charge in [0.25, 0.3) is 0 Å². The van der Waals surface area contributed by atoms with Gasteiger partial charge in [0, 0.05) is 19.0 Å². The molecule has 134 valence electrons. The lowest BCUT2D eigenvalue weighted by Gasteiger charge is -2.16. The average Bonchev–Trinajstić information content (AvgIpc) is 2.46. The van der Waals surface area contributed by atoms with Gasteiger partial charge in [-0.15, -0.1) is 0 Å². The maximum atomic E-state index is 11.6. The van der Waals surface area contributed by atoms with Crippen molar-refractivity contribution in [2.75, 3.05) is 7.05 Å².